The molecular weight excluding hydrogens is 305 g/mol. The second kappa shape index (κ2) is 5.85. The van der Waals surface area contributed by atoms with Gasteiger partial charge in [0, 0.05) is 4.47 Å². The van der Waals surface area contributed by atoms with Crippen LogP contribution in [-0.2, 0) is 0 Å². The molecule has 3 heteroatoms. The van der Waals surface area contributed by atoms with Crippen molar-refractivity contribution in [2.75, 3.05) is 7.05 Å². The summed E-state index contributed by atoms with van der Waals surface area (Å²) in [6, 6.07) is 12.1. The zero-order valence-corrected chi connectivity index (χ0v) is 12.9. The molecule has 19 heavy (non-hydrogen) atoms. The van der Waals surface area contributed by atoms with E-state index in [1.165, 1.54) is 0 Å². The van der Waals surface area contributed by atoms with E-state index in [2.05, 4.69) is 33.4 Å². The lowest BCUT2D eigenvalue weighted by atomic mass is 9.95. The summed E-state index contributed by atoms with van der Waals surface area (Å²) in [5.74, 6) is -0.116. The van der Waals surface area contributed by atoms with Crippen LogP contribution in [0.1, 0.15) is 28.3 Å². The molecule has 1 N–H and O–H groups in total. The van der Waals surface area contributed by atoms with Crippen LogP contribution >= 0.6 is 15.9 Å². The van der Waals surface area contributed by atoms with E-state index < -0.39 is 0 Å². The number of rotatable bonds is 3. The maximum absolute atomic E-state index is 13.7. The Bertz CT molecular complexity index is 555. The van der Waals surface area contributed by atoms with Crippen molar-refractivity contribution in [3.8, 4) is 0 Å². The van der Waals surface area contributed by atoms with Crippen LogP contribution in [0.3, 0.4) is 0 Å². The normalized spacial score (nSPS) is 12.5. The summed E-state index contributed by atoms with van der Waals surface area (Å²) in [5, 5.41) is 3.29. The molecule has 0 saturated carbocycles. The first-order chi connectivity index (χ1) is 9.02. The van der Waals surface area contributed by atoms with Gasteiger partial charge in [0.2, 0.25) is 0 Å². The van der Waals surface area contributed by atoms with Crippen LogP contribution in [0.5, 0.6) is 0 Å². The molecule has 100 valence electrons. The minimum absolute atomic E-state index is 0.0751. The van der Waals surface area contributed by atoms with Crippen LogP contribution in [0.25, 0.3) is 0 Å². The first-order valence-electron chi connectivity index (χ1n) is 6.22. The Morgan fingerprint density at radius 3 is 2.00 bits per heavy atom. The summed E-state index contributed by atoms with van der Waals surface area (Å²) in [5.41, 5.74) is 3.62. The molecule has 0 bridgehead atoms. The van der Waals surface area contributed by atoms with E-state index in [9.17, 15) is 4.39 Å². The number of hydrogen-bond donors (Lipinski definition) is 1. The summed E-state index contributed by atoms with van der Waals surface area (Å²) >= 11 is 3.44. The molecule has 1 unspecified atom stereocenters. The fourth-order valence-corrected chi connectivity index (χ4v) is 2.59. The maximum atomic E-state index is 13.7. The Morgan fingerprint density at radius 1 is 1.00 bits per heavy atom. The van der Waals surface area contributed by atoms with Gasteiger partial charge in [-0.2, -0.15) is 0 Å². The molecule has 0 aromatic heterocycles. The molecule has 0 saturated heterocycles. The minimum atomic E-state index is -0.116. The zero-order valence-electron chi connectivity index (χ0n) is 11.3. The van der Waals surface area contributed by atoms with Crippen molar-refractivity contribution in [1.29, 1.82) is 0 Å². The molecule has 0 spiro atoms. The third kappa shape index (κ3) is 3.04. The van der Waals surface area contributed by atoms with Gasteiger partial charge in [0.05, 0.1) is 6.04 Å². The van der Waals surface area contributed by atoms with Crippen LogP contribution < -0.4 is 5.32 Å². The van der Waals surface area contributed by atoms with Gasteiger partial charge in [0.1, 0.15) is 5.82 Å². The first kappa shape index (κ1) is 14.2. The number of nitrogens with one attached hydrogen (secondary N) is 1. The summed E-state index contributed by atoms with van der Waals surface area (Å²) < 4.78 is 14.8. The summed E-state index contributed by atoms with van der Waals surface area (Å²) in [7, 11) is 1.92. The van der Waals surface area contributed by atoms with E-state index in [0.717, 1.165) is 15.6 Å². The second-order valence-electron chi connectivity index (χ2n) is 4.74. The highest BCUT2D eigenvalue weighted by atomic mass is 79.9. The Hall–Kier alpha value is -1.19. The topological polar surface area (TPSA) is 12.0 Å². The molecule has 1 atom stereocenters. The SMILES string of the molecule is CNC(c1ccc(Br)cc1)c1cc(C)c(F)c(C)c1. The molecular formula is C16H17BrFN. The van der Waals surface area contributed by atoms with Gasteiger partial charge in [-0.25, -0.2) is 4.39 Å². The van der Waals surface area contributed by atoms with Crippen LogP contribution in [-0.4, -0.2) is 7.05 Å². The lowest BCUT2D eigenvalue weighted by Gasteiger charge is -2.19. The molecule has 0 aliphatic heterocycles. The summed E-state index contributed by atoms with van der Waals surface area (Å²) in [6.45, 7) is 3.61. The van der Waals surface area contributed by atoms with Crippen molar-refractivity contribution in [2.24, 2.45) is 0 Å². The number of hydrogen-bond acceptors (Lipinski definition) is 1. The van der Waals surface area contributed by atoms with Gasteiger partial charge in [0.15, 0.2) is 0 Å². The summed E-state index contributed by atoms with van der Waals surface area (Å²) in [4.78, 5) is 0. The molecule has 2 aromatic rings. The molecule has 0 aliphatic rings. The fourth-order valence-electron chi connectivity index (χ4n) is 2.33. The van der Waals surface area contributed by atoms with E-state index >= 15 is 0 Å². The van der Waals surface area contributed by atoms with E-state index in [-0.39, 0.29) is 11.9 Å². The molecule has 2 rings (SSSR count). The second-order valence-corrected chi connectivity index (χ2v) is 5.66. The lowest BCUT2D eigenvalue weighted by molar-refractivity contribution is 0.604. The Kier molecular flexibility index (Phi) is 4.38. The Labute approximate surface area is 122 Å². The number of benzene rings is 2. The monoisotopic (exact) mass is 321 g/mol. The van der Waals surface area contributed by atoms with Crippen LogP contribution in [0.4, 0.5) is 4.39 Å². The highest BCUT2D eigenvalue weighted by molar-refractivity contribution is 9.10. The van der Waals surface area contributed by atoms with Crippen LogP contribution in [0.2, 0.25) is 0 Å². The fraction of sp³-hybridized carbons (Fsp3) is 0.250. The predicted octanol–water partition coefficient (Wildman–Crippen LogP) is 4.51. The predicted molar refractivity (Wildman–Crippen MR) is 80.9 cm³/mol. The van der Waals surface area contributed by atoms with Gasteiger partial charge < -0.3 is 5.32 Å². The van der Waals surface area contributed by atoms with E-state index in [0.29, 0.717) is 11.1 Å². The number of aryl methyl sites for hydroxylation is 2. The average Bonchev–Trinajstić information content (AvgIpc) is 2.39. The van der Waals surface area contributed by atoms with Crippen molar-refractivity contribution < 1.29 is 4.39 Å². The highest BCUT2D eigenvalue weighted by Gasteiger charge is 2.14. The van der Waals surface area contributed by atoms with Crippen molar-refractivity contribution in [2.45, 2.75) is 19.9 Å². The molecule has 0 aliphatic carbocycles. The molecule has 0 amide bonds. The highest BCUT2D eigenvalue weighted by Crippen LogP contribution is 2.26. The van der Waals surface area contributed by atoms with E-state index in [4.69, 9.17) is 0 Å². The van der Waals surface area contributed by atoms with Crippen molar-refractivity contribution in [3.05, 3.63) is 68.9 Å². The Balaban J connectivity index is 2.45. The first-order valence-corrected chi connectivity index (χ1v) is 7.01. The third-order valence-electron chi connectivity index (χ3n) is 3.28. The molecule has 2 aromatic carbocycles. The quantitative estimate of drug-likeness (QED) is 0.876. The molecule has 0 heterocycles. The summed E-state index contributed by atoms with van der Waals surface area (Å²) in [6.07, 6.45) is 0. The largest absolute Gasteiger partial charge is 0.309 e. The number of halogens is 2. The maximum Gasteiger partial charge on any atom is 0.129 e. The lowest BCUT2D eigenvalue weighted by Crippen LogP contribution is -2.18. The van der Waals surface area contributed by atoms with Crippen molar-refractivity contribution >= 4 is 15.9 Å². The Morgan fingerprint density at radius 2 is 1.53 bits per heavy atom. The van der Waals surface area contributed by atoms with Gasteiger partial charge in [-0.3, -0.25) is 0 Å². The van der Waals surface area contributed by atoms with Gasteiger partial charge in [-0.15, -0.1) is 0 Å². The minimum Gasteiger partial charge on any atom is -0.309 e. The standard InChI is InChI=1S/C16H17BrFN/c1-10-8-13(9-11(2)15(10)18)16(19-3)12-4-6-14(17)7-5-12/h4-9,16,19H,1-3H3. The van der Waals surface area contributed by atoms with Crippen LogP contribution in [0.15, 0.2) is 40.9 Å². The zero-order chi connectivity index (χ0) is 14.0. The van der Waals surface area contributed by atoms with Crippen molar-refractivity contribution in [3.63, 3.8) is 0 Å². The van der Waals surface area contributed by atoms with Gasteiger partial charge in [0.25, 0.3) is 0 Å². The molecule has 0 radical (unpaired) electrons. The average molecular weight is 322 g/mol. The van der Waals surface area contributed by atoms with Gasteiger partial charge in [-0.1, -0.05) is 40.2 Å². The molecule has 0 fully saturated rings. The van der Waals surface area contributed by atoms with E-state index in [1.54, 1.807) is 13.8 Å². The smallest absolute Gasteiger partial charge is 0.129 e. The molecule has 1 nitrogen and oxygen atoms in total. The van der Waals surface area contributed by atoms with Crippen LogP contribution in [0, 0.1) is 19.7 Å². The third-order valence-corrected chi connectivity index (χ3v) is 3.81. The van der Waals surface area contributed by atoms with Gasteiger partial charge >= 0.3 is 0 Å². The van der Waals surface area contributed by atoms with E-state index in [1.807, 2.05) is 31.3 Å². The van der Waals surface area contributed by atoms with Crippen molar-refractivity contribution in [1.82, 2.24) is 5.32 Å². The van der Waals surface area contributed by atoms with Gasteiger partial charge in [-0.05, 0) is 55.3 Å².